The summed E-state index contributed by atoms with van der Waals surface area (Å²) in [5, 5.41) is 12.9. The third kappa shape index (κ3) is 4.75. The predicted octanol–water partition coefficient (Wildman–Crippen LogP) is 2.57. The molecular weight excluding hydrogens is 228 g/mol. The molecule has 0 saturated carbocycles. The largest absolute Gasteiger partial charge is 0.396 e. The van der Waals surface area contributed by atoms with Crippen molar-refractivity contribution >= 4 is 0 Å². The Bertz CT molecular complexity index is 403. The van der Waals surface area contributed by atoms with Crippen LogP contribution in [-0.4, -0.2) is 35.7 Å². The van der Waals surface area contributed by atoms with E-state index in [0.29, 0.717) is 6.42 Å². The number of benzene rings is 1. The first kappa shape index (κ1) is 14.5. The number of azide groups is 1. The highest BCUT2D eigenvalue weighted by molar-refractivity contribution is 5.14. The number of aliphatic hydroxyl groups excluding tert-OH is 1. The third-order valence-electron chi connectivity index (χ3n) is 2.95. The summed E-state index contributed by atoms with van der Waals surface area (Å²) in [6.45, 7) is 3.25. The lowest BCUT2D eigenvalue weighted by atomic mass is 10.0. The molecule has 0 bridgehead atoms. The monoisotopic (exact) mass is 248 g/mol. The Morgan fingerprint density at radius 1 is 1.39 bits per heavy atom. The first-order valence-electron chi connectivity index (χ1n) is 5.99. The fourth-order valence-electron chi connectivity index (χ4n) is 1.67. The van der Waals surface area contributed by atoms with E-state index in [2.05, 4.69) is 27.1 Å². The molecule has 1 atom stereocenters. The molecule has 0 aromatic heterocycles. The van der Waals surface area contributed by atoms with E-state index in [-0.39, 0.29) is 6.61 Å². The molecule has 0 fully saturated rings. The van der Waals surface area contributed by atoms with E-state index >= 15 is 0 Å². The summed E-state index contributed by atoms with van der Waals surface area (Å²) < 4.78 is 0. The van der Waals surface area contributed by atoms with E-state index in [1.165, 1.54) is 5.56 Å². The van der Waals surface area contributed by atoms with Gasteiger partial charge in [0.1, 0.15) is 0 Å². The molecule has 0 aliphatic carbocycles. The number of hydrogen-bond donors (Lipinski definition) is 1. The van der Waals surface area contributed by atoms with Crippen LogP contribution in [-0.2, 0) is 6.54 Å². The van der Waals surface area contributed by atoms with Crippen molar-refractivity contribution in [2.75, 3.05) is 20.2 Å². The molecule has 0 spiro atoms. The van der Waals surface area contributed by atoms with Gasteiger partial charge in [0, 0.05) is 11.5 Å². The highest BCUT2D eigenvalue weighted by Crippen LogP contribution is 2.16. The minimum atomic E-state index is -0.709. The van der Waals surface area contributed by atoms with Crippen LogP contribution in [0.1, 0.15) is 18.9 Å². The molecule has 1 aromatic carbocycles. The van der Waals surface area contributed by atoms with Crippen molar-refractivity contribution in [3.8, 4) is 0 Å². The van der Waals surface area contributed by atoms with E-state index in [1.807, 2.05) is 25.2 Å². The molecule has 0 radical (unpaired) electrons. The molecule has 98 valence electrons. The number of hydrogen-bond acceptors (Lipinski definition) is 3. The maximum absolute atomic E-state index is 9.24. The maximum atomic E-state index is 9.24. The standard InChI is InChI=1S/C13H20N4O/c1-13(11-18,15-16-14)8-9-17(2)10-12-6-4-3-5-7-12/h3-7,18H,8-11H2,1-2H3. The van der Waals surface area contributed by atoms with Crippen LogP contribution in [0.15, 0.2) is 35.4 Å². The van der Waals surface area contributed by atoms with E-state index in [0.717, 1.165) is 13.1 Å². The summed E-state index contributed by atoms with van der Waals surface area (Å²) in [7, 11) is 2.01. The number of aliphatic hydroxyl groups is 1. The van der Waals surface area contributed by atoms with Crippen molar-refractivity contribution in [1.29, 1.82) is 0 Å². The van der Waals surface area contributed by atoms with Crippen molar-refractivity contribution in [3.05, 3.63) is 46.3 Å². The van der Waals surface area contributed by atoms with Gasteiger partial charge < -0.3 is 10.0 Å². The van der Waals surface area contributed by atoms with Crippen LogP contribution < -0.4 is 0 Å². The van der Waals surface area contributed by atoms with Gasteiger partial charge in [0.2, 0.25) is 0 Å². The van der Waals surface area contributed by atoms with Crippen molar-refractivity contribution in [2.45, 2.75) is 25.4 Å². The summed E-state index contributed by atoms with van der Waals surface area (Å²) in [5.41, 5.74) is 9.00. The number of rotatable bonds is 7. The summed E-state index contributed by atoms with van der Waals surface area (Å²) in [6, 6.07) is 10.2. The smallest absolute Gasteiger partial charge is 0.0702 e. The second kappa shape index (κ2) is 7.01. The molecule has 1 rings (SSSR count). The van der Waals surface area contributed by atoms with E-state index < -0.39 is 5.54 Å². The van der Waals surface area contributed by atoms with Crippen LogP contribution in [0.5, 0.6) is 0 Å². The Kier molecular flexibility index (Phi) is 5.65. The van der Waals surface area contributed by atoms with Crippen LogP contribution in [0, 0.1) is 0 Å². The average molecular weight is 248 g/mol. The van der Waals surface area contributed by atoms with Gasteiger partial charge in [-0.2, -0.15) is 0 Å². The quantitative estimate of drug-likeness (QED) is 0.457. The van der Waals surface area contributed by atoms with Gasteiger partial charge in [-0.25, -0.2) is 0 Å². The molecule has 0 aliphatic rings. The Labute approximate surface area is 108 Å². The van der Waals surface area contributed by atoms with Gasteiger partial charge in [-0.05, 0) is 31.1 Å². The molecule has 1 aromatic rings. The SMILES string of the molecule is CN(CCC(C)(CO)N=[N+]=[N-])Cc1ccccc1. The Morgan fingerprint density at radius 3 is 2.61 bits per heavy atom. The minimum absolute atomic E-state index is 0.129. The molecule has 1 unspecified atom stereocenters. The zero-order valence-corrected chi connectivity index (χ0v) is 11.0. The molecule has 18 heavy (non-hydrogen) atoms. The summed E-state index contributed by atoms with van der Waals surface area (Å²) in [6.07, 6.45) is 0.636. The predicted molar refractivity (Wildman–Crippen MR) is 72.0 cm³/mol. The highest BCUT2D eigenvalue weighted by atomic mass is 16.3. The molecule has 1 N–H and O–H groups in total. The van der Waals surface area contributed by atoms with Gasteiger partial charge in [-0.15, -0.1) is 0 Å². The fraction of sp³-hybridized carbons (Fsp3) is 0.538. The van der Waals surface area contributed by atoms with Crippen molar-refractivity contribution in [2.24, 2.45) is 5.11 Å². The average Bonchev–Trinajstić information content (AvgIpc) is 2.38. The van der Waals surface area contributed by atoms with Gasteiger partial charge in [-0.3, -0.25) is 0 Å². The summed E-state index contributed by atoms with van der Waals surface area (Å²) in [4.78, 5) is 4.94. The second-order valence-corrected chi connectivity index (χ2v) is 4.82. The molecular formula is C13H20N4O. The van der Waals surface area contributed by atoms with Crippen LogP contribution in [0.3, 0.4) is 0 Å². The topological polar surface area (TPSA) is 72.2 Å². The molecule has 0 aliphatic heterocycles. The van der Waals surface area contributed by atoms with E-state index in [9.17, 15) is 5.11 Å². The fourth-order valence-corrected chi connectivity index (χ4v) is 1.67. The third-order valence-corrected chi connectivity index (χ3v) is 2.95. The Hall–Kier alpha value is -1.55. The maximum Gasteiger partial charge on any atom is 0.0702 e. The van der Waals surface area contributed by atoms with Crippen LogP contribution in [0.4, 0.5) is 0 Å². The van der Waals surface area contributed by atoms with Gasteiger partial charge in [-0.1, -0.05) is 42.4 Å². The second-order valence-electron chi connectivity index (χ2n) is 4.82. The zero-order chi connectivity index (χ0) is 13.4. The first-order valence-corrected chi connectivity index (χ1v) is 5.99. The minimum Gasteiger partial charge on any atom is -0.396 e. The molecule has 0 heterocycles. The number of nitrogens with zero attached hydrogens (tertiary/aromatic N) is 4. The van der Waals surface area contributed by atoms with Crippen molar-refractivity contribution in [1.82, 2.24) is 4.90 Å². The lowest BCUT2D eigenvalue weighted by Crippen LogP contribution is -2.32. The van der Waals surface area contributed by atoms with Crippen LogP contribution in [0.25, 0.3) is 10.4 Å². The zero-order valence-electron chi connectivity index (χ0n) is 11.0. The Balaban J connectivity index is 2.46. The highest BCUT2D eigenvalue weighted by Gasteiger charge is 2.21. The van der Waals surface area contributed by atoms with Gasteiger partial charge in [0.25, 0.3) is 0 Å². The summed E-state index contributed by atoms with van der Waals surface area (Å²) >= 11 is 0. The van der Waals surface area contributed by atoms with Gasteiger partial charge >= 0.3 is 0 Å². The molecule has 0 amide bonds. The first-order chi connectivity index (χ1) is 8.59. The normalized spacial score (nSPS) is 14.0. The lowest BCUT2D eigenvalue weighted by Gasteiger charge is -2.24. The van der Waals surface area contributed by atoms with Crippen LogP contribution in [0.2, 0.25) is 0 Å². The van der Waals surface area contributed by atoms with E-state index in [1.54, 1.807) is 6.92 Å². The lowest BCUT2D eigenvalue weighted by molar-refractivity contribution is 0.182. The molecule has 5 heteroatoms. The van der Waals surface area contributed by atoms with E-state index in [4.69, 9.17) is 5.53 Å². The molecule has 0 saturated heterocycles. The van der Waals surface area contributed by atoms with Crippen molar-refractivity contribution < 1.29 is 5.11 Å². The van der Waals surface area contributed by atoms with Gasteiger partial charge in [0.15, 0.2) is 0 Å². The van der Waals surface area contributed by atoms with Crippen LogP contribution >= 0.6 is 0 Å². The molecule has 5 nitrogen and oxygen atoms in total. The summed E-state index contributed by atoms with van der Waals surface area (Å²) in [5.74, 6) is 0. The Morgan fingerprint density at radius 2 is 2.06 bits per heavy atom. The van der Waals surface area contributed by atoms with Crippen molar-refractivity contribution in [3.63, 3.8) is 0 Å². The van der Waals surface area contributed by atoms with Gasteiger partial charge in [0.05, 0.1) is 12.1 Å².